The van der Waals surface area contributed by atoms with Gasteiger partial charge in [-0.25, -0.2) is 5.43 Å². The van der Waals surface area contributed by atoms with Crippen molar-refractivity contribution >= 4 is 17.7 Å². The number of hydrogen-bond donors (Lipinski definition) is 1. The molecule has 1 amide bonds. The Bertz CT molecular complexity index is 749. The summed E-state index contributed by atoms with van der Waals surface area (Å²) >= 11 is 0. The first kappa shape index (κ1) is 17.5. The Balaban J connectivity index is 1.81. The second-order valence-electron chi connectivity index (χ2n) is 5.57. The Kier molecular flexibility index (Phi) is 6.32. The van der Waals surface area contributed by atoms with Gasteiger partial charge in [0.05, 0.1) is 5.71 Å². The highest BCUT2D eigenvalue weighted by molar-refractivity contribution is 5.97. The first-order valence-electron chi connectivity index (χ1n) is 7.81. The van der Waals surface area contributed by atoms with E-state index in [2.05, 4.69) is 10.5 Å². The van der Waals surface area contributed by atoms with Gasteiger partial charge in [-0.1, -0.05) is 42.5 Å². The molecule has 0 aliphatic rings. The van der Waals surface area contributed by atoms with Crippen LogP contribution in [-0.2, 0) is 4.79 Å². The summed E-state index contributed by atoms with van der Waals surface area (Å²) < 4.78 is 5.47. The minimum Gasteiger partial charge on any atom is -0.484 e. The fraction of sp³-hybridized carbons (Fsp3) is 0.200. The number of carbonyl (C=O) groups is 1. The molecular formula is C20H22N2O2. The minimum absolute atomic E-state index is 0.0678. The van der Waals surface area contributed by atoms with Gasteiger partial charge in [0, 0.05) is 0 Å². The summed E-state index contributed by atoms with van der Waals surface area (Å²) in [7, 11) is 0. The van der Waals surface area contributed by atoms with Gasteiger partial charge >= 0.3 is 0 Å². The van der Waals surface area contributed by atoms with Crippen LogP contribution in [0.5, 0.6) is 5.75 Å². The van der Waals surface area contributed by atoms with Crippen molar-refractivity contribution in [2.24, 2.45) is 5.10 Å². The van der Waals surface area contributed by atoms with Crippen molar-refractivity contribution in [3.63, 3.8) is 0 Å². The van der Waals surface area contributed by atoms with Gasteiger partial charge in [-0.05, 0) is 55.7 Å². The summed E-state index contributed by atoms with van der Waals surface area (Å²) in [6.45, 7) is 5.80. The molecule has 0 unspecified atom stereocenters. The number of hydrazone groups is 1. The molecule has 0 fully saturated rings. The molecule has 0 aliphatic carbocycles. The lowest BCUT2D eigenvalue weighted by Crippen LogP contribution is -2.25. The minimum atomic E-state index is -0.291. The summed E-state index contributed by atoms with van der Waals surface area (Å²) in [6.07, 6.45) is 3.79. The number of benzene rings is 2. The normalized spacial score (nSPS) is 11.5. The quantitative estimate of drug-likeness (QED) is 0.648. The molecule has 0 heterocycles. The van der Waals surface area contributed by atoms with Crippen molar-refractivity contribution in [3.8, 4) is 5.75 Å². The van der Waals surface area contributed by atoms with Crippen LogP contribution in [0.4, 0.5) is 0 Å². The number of amides is 1. The summed E-state index contributed by atoms with van der Waals surface area (Å²) in [6, 6.07) is 15.6. The van der Waals surface area contributed by atoms with Gasteiger partial charge < -0.3 is 4.74 Å². The van der Waals surface area contributed by atoms with Crippen LogP contribution in [0.25, 0.3) is 6.08 Å². The summed E-state index contributed by atoms with van der Waals surface area (Å²) in [5.74, 6) is 0.388. The zero-order valence-electron chi connectivity index (χ0n) is 14.2. The summed E-state index contributed by atoms with van der Waals surface area (Å²) in [5, 5.41) is 4.03. The fourth-order valence-corrected chi connectivity index (χ4v) is 1.95. The lowest BCUT2D eigenvalue weighted by molar-refractivity contribution is -0.123. The van der Waals surface area contributed by atoms with Gasteiger partial charge in [-0.3, -0.25) is 4.79 Å². The molecule has 0 saturated carbocycles. The van der Waals surface area contributed by atoms with Crippen LogP contribution in [0.2, 0.25) is 0 Å². The third-order valence-corrected chi connectivity index (χ3v) is 3.52. The lowest BCUT2D eigenvalue weighted by atomic mass is 10.1. The van der Waals surface area contributed by atoms with E-state index in [0.717, 1.165) is 11.1 Å². The van der Waals surface area contributed by atoms with E-state index in [9.17, 15) is 4.79 Å². The first-order valence-corrected chi connectivity index (χ1v) is 7.81. The maximum absolute atomic E-state index is 11.8. The second-order valence-corrected chi connectivity index (χ2v) is 5.57. The maximum Gasteiger partial charge on any atom is 0.277 e. The molecule has 2 rings (SSSR count). The van der Waals surface area contributed by atoms with E-state index in [-0.39, 0.29) is 12.5 Å². The van der Waals surface area contributed by atoms with Gasteiger partial charge in [-0.2, -0.15) is 5.10 Å². The topological polar surface area (TPSA) is 50.7 Å². The summed E-state index contributed by atoms with van der Waals surface area (Å²) in [5.41, 5.74) is 6.60. The van der Waals surface area contributed by atoms with Gasteiger partial charge in [0.25, 0.3) is 5.91 Å². The zero-order valence-corrected chi connectivity index (χ0v) is 14.2. The molecule has 2 aromatic rings. The van der Waals surface area contributed by atoms with Gasteiger partial charge in [0.1, 0.15) is 5.75 Å². The number of carbonyl (C=O) groups excluding carboxylic acids is 1. The number of allylic oxidation sites excluding steroid dienone is 1. The molecular weight excluding hydrogens is 300 g/mol. The van der Waals surface area contributed by atoms with Crippen molar-refractivity contribution in [1.29, 1.82) is 0 Å². The molecule has 24 heavy (non-hydrogen) atoms. The Hall–Kier alpha value is -2.88. The van der Waals surface area contributed by atoms with Crippen LogP contribution in [0.3, 0.4) is 0 Å². The van der Waals surface area contributed by atoms with Crippen molar-refractivity contribution in [3.05, 3.63) is 71.3 Å². The third-order valence-electron chi connectivity index (χ3n) is 3.52. The fourth-order valence-electron chi connectivity index (χ4n) is 1.95. The Morgan fingerprint density at radius 2 is 1.88 bits per heavy atom. The van der Waals surface area contributed by atoms with Crippen LogP contribution < -0.4 is 10.2 Å². The van der Waals surface area contributed by atoms with E-state index in [1.807, 2.05) is 81.5 Å². The molecule has 0 aliphatic heterocycles. The number of aryl methyl sites for hydroxylation is 2. The van der Waals surface area contributed by atoms with Crippen LogP contribution in [-0.4, -0.2) is 18.2 Å². The predicted molar refractivity (Wildman–Crippen MR) is 98.1 cm³/mol. The van der Waals surface area contributed by atoms with Crippen LogP contribution in [0.1, 0.15) is 23.6 Å². The molecule has 2 aromatic carbocycles. The van der Waals surface area contributed by atoms with E-state index in [0.29, 0.717) is 11.5 Å². The molecule has 1 N–H and O–H groups in total. The van der Waals surface area contributed by atoms with Gasteiger partial charge in [-0.15, -0.1) is 0 Å². The largest absolute Gasteiger partial charge is 0.484 e. The smallest absolute Gasteiger partial charge is 0.277 e. The Labute approximate surface area is 142 Å². The lowest BCUT2D eigenvalue weighted by Gasteiger charge is -2.07. The second kappa shape index (κ2) is 8.67. The standard InChI is InChI=1S/C20H22N2O2/c1-15-9-12-19(13-16(15)2)24-14-20(23)22-21-17(3)10-11-18-7-5-4-6-8-18/h4-13H,14H2,1-3H3,(H,22,23). The molecule has 4 heteroatoms. The SMILES string of the molecule is CC(C=Cc1ccccc1)=NNC(=O)COc1ccc(C)c(C)c1. The number of nitrogens with zero attached hydrogens (tertiary/aromatic N) is 1. The molecule has 124 valence electrons. The summed E-state index contributed by atoms with van der Waals surface area (Å²) in [4.78, 5) is 11.8. The first-order chi connectivity index (χ1) is 11.5. The van der Waals surface area contributed by atoms with Crippen molar-refractivity contribution < 1.29 is 9.53 Å². The number of nitrogens with one attached hydrogen (secondary N) is 1. The predicted octanol–water partition coefficient (Wildman–Crippen LogP) is 3.89. The van der Waals surface area contributed by atoms with E-state index >= 15 is 0 Å². The monoisotopic (exact) mass is 322 g/mol. The molecule has 0 radical (unpaired) electrons. The van der Waals surface area contributed by atoms with E-state index in [1.54, 1.807) is 0 Å². The van der Waals surface area contributed by atoms with Crippen molar-refractivity contribution in [1.82, 2.24) is 5.43 Å². The highest BCUT2D eigenvalue weighted by atomic mass is 16.5. The van der Waals surface area contributed by atoms with E-state index < -0.39 is 0 Å². The number of hydrogen-bond acceptors (Lipinski definition) is 3. The average molecular weight is 322 g/mol. The number of ether oxygens (including phenoxy) is 1. The van der Waals surface area contributed by atoms with Gasteiger partial charge in [0.2, 0.25) is 0 Å². The highest BCUT2D eigenvalue weighted by Crippen LogP contribution is 2.16. The van der Waals surface area contributed by atoms with Crippen LogP contribution >= 0.6 is 0 Å². The molecule has 0 bridgehead atoms. The maximum atomic E-state index is 11.8. The van der Waals surface area contributed by atoms with Gasteiger partial charge in [0.15, 0.2) is 6.61 Å². The molecule has 0 saturated heterocycles. The number of rotatable bonds is 6. The van der Waals surface area contributed by atoms with E-state index in [4.69, 9.17) is 4.74 Å². The van der Waals surface area contributed by atoms with Crippen molar-refractivity contribution in [2.45, 2.75) is 20.8 Å². The molecule has 4 nitrogen and oxygen atoms in total. The zero-order chi connectivity index (χ0) is 17.4. The molecule has 0 atom stereocenters. The Morgan fingerprint density at radius 3 is 2.58 bits per heavy atom. The average Bonchev–Trinajstić information content (AvgIpc) is 2.60. The van der Waals surface area contributed by atoms with Crippen molar-refractivity contribution in [2.75, 3.05) is 6.61 Å². The van der Waals surface area contributed by atoms with E-state index in [1.165, 1.54) is 5.56 Å². The van der Waals surface area contributed by atoms with Crippen LogP contribution in [0, 0.1) is 13.8 Å². The molecule has 0 aromatic heterocycles. The molecule has 0 spiro atoms. The van der Waals surface area contributed by atoms with Crippen LogP contribution in [0.15, 0.2) is 59.7 Å². The Morgan fingerprint density at radius 1 is 1.12 bits per heavy atom. The third kappa shape index (κ3) is 5.72. The highest BCUT2D eigenvalue weighted by Gasteiger charge is 2.02.